The zero-order valence-electron chi connectivity index (χ0n) is 18.5. The number of rotatable bonds is 5. The van der Waals surface area contributed by atoms with E-state index < -0.39 is 17.7 Å². The molecule has 4 rings (SSSR count). The van der Waals surface area contributed by atoms with E-state index in [4.69, 9.17) is 0 Å². The predicted molar refractivity (Wildman–Crippen MR) is 125 cm³/mol. The van der Waals surface area contributed by atoms with Gasteiger partial charge in [-0.05, 0) is 60.9 Å². The van der Waals surface area contributed by atoms with Crippen LogP contribution < -0.4 is 0 Å². The third-order valence-electron chi connectivity index (χ3n) is 5.71. The molecule has 4 aromatic rings. The zero-order valence-corrected chi connectivity index (χ0v) is 18.5. The number of hydrogen-bond donors (Lipinski definition) is 2. The van der Waals surface area contributed by atoms with Crippen LogP contribution in [0.15, 0.2) is 78.4 Å². The monoisotopic (exact) mass is 465 g/mol. The van der Waals surface area contributed by atoms with Crippen LogP contribution in [0, 0.1) is 0 Å². The van der Waals surface area contributed by atoms with E-state index in [0.29, 0.717) is 22.3 Å². The maximum absolute atomic E-state index is 13.1. The van der Waals surface area contributed by atoms with Gasteiger partial charge < -0.3 is 14.8 Å². The van der Waals surface area contributed by atoms with Crippen molar-refractivity contribution >= 4 is 22.4 Å². The summed E-state index contributed by atoms with van der Waals surface area (Å²) in [6.45, 7) is 3.90. The van der Waals surface area contributed by atoms with Gasteiger partial charge in [0.25, 0.3) is 0 Å². The van der Waals surface area contributed by atoms with Crippen molar-refractivity contribution in [1.29, 1.82) is 0 Å². The Balaban J connectivity index is 1.88. The Hall–Kier alpha value is -4.00. The van der Waals surface area contributed by atoms with Crippen molar-refractivity contribution in [2.75, 3.05) is 0 Å². The first-order valence-corrected chi connectivity index (χ1v) is 10.6. The highest BCUT2D eigenvalue weighted by Gasteiger charge is 2.30. The van der Waals surface area contributed by atoms with Gasteiger partial charge in [0, 0.05) is 5.39 Å². The molecule has 0 spiro atoms. The van der Waals surface area contributed by atoms with Crippen LogP contribution >= 0.6 is 0 Å². The molecule has 0 unspecified atom stereocenters. The number of carbonyl (C=O) groups is 1. The smallest absolute Gasteiger partial charge is 0.416 e. The van der Waals surface area contributed by atoms with E-state index in [-0.39, 0.29) is 18.0 Å². The molecule has 0 saturated heterocycles. The molecule has 174 valence electrons. The number of benzene rings is 3. The van der Waals surface area contributed by atoms with Crippen LogP contribution in [0.1, 0.15) is 46.5 Å². The van der Waals surface area contributed by atoms with Crippen LogP contribution in [0.4, 0.5) is 13.2 Å². The third kappa shape index (κ3) is 4.29. The molecule has 3 aromatic carbocycles. The first-order valence-electron chi connectivity index (χ1n) is 10.6. The maximum Gasteiger partial charge on any atom is 0.416 e. The molecule has 0 radical (unpaired) electrons. The van der Waals surface area contributed by atoms with Gasteiger partial charge in [-0.3, -0.25) is 0 Å². The summed E-state index contributed by atoms with van der Waals surface area (Å²) < 4.78 is 40.9. The van der Waals surface area contributed by atoms with Gasteiger partial charge in [-0.25, -0.2) is 4.79 Å². The van der Waals surface area contributed by atoms with Crippen molar-refractivity contribution in [2.45, 2.75) is 26.6 Å². The molecule has 0 amide bonds. The Labute approximate surface area is 194 Å². The Morgan fingerprint density at radius 1 is 0.912 bits per heavy atom. The summed E-state index contributed by atoms with van der Waals surface area (Å²) in [4.78, 5) is 11.4. The molecule has 0 fully saturated rings. The number of carboxylic acids is 1. The SMILES string of the molecule is CC(C)=C(c1ccc(C(F)(F)F)cc1)c1c(O)n(Cc2cccc(C(=O)O)c2)c2ccccc12. The molecule has 2 N–H and O–H groups in total. The van der Waals surface area contributed by atoms with Gasteiger partial charge >= 0.3 is 12.1 Å². The summed E-state index contributed by atoms with van der Waals surface area (Å²) in [6, 6.07) is 18.7. The van der Waals surface area contributed by atoms with Gasteiger partial charge in [-0.1, -0.05) is 48.0 Å². The van der Waals surface area contributed by atoms with Crippen LogP contribution in [0.2, 0.25) is 0 Å². The molecular formula is C27H22F3NO3. The van der Waals surface area contributed by atoms with Crippen molar-refractivity contribution in [2.24, 2.45) is 0 Å². The van der Waals surface area contributed by atoms with Gasteiger partial charge in [0.05, 0.1) is 28.8 Å². The second-order valence-corrected chi connectivity index (χ2v) is 8.26. The van der Waals surface area contributed by atoms with Crippen LogP contribution in [0.5, 0.6) is 5.88 Å². The maximum atomic E-state index is 13.1. The Kier molecular flexibility index (Phi) is 5.96. The van der Waals surface area contributed by atoms with Gasteiger partial charge in [0.1, 0.15) is 0 Å². The topological polar surface area (TPSA) is 62.5 Å². The lowest BCUT2D eigenvalue weighted by molar-refractivity contribution is -0.137. The number of alkyl halides is 3. The number of halogens is 3. The van der Waals surface area contributed by atoms with Crippen molar-refractivity contribution in [3.63, 3.8) is 0 Å². The van der Waals surface area contributed by atoms with Crippen molar-refractivity contribution in [3.05, 3.63) is 106 Å². The van der Waals surface area contributed by atoms with Crippen molar-refractivity contribution in [1.82, 2.24) is 4.57 Å². The molecule has 1 aromatic heterocycles. The van der Waals surface area contributed by atoms with E-state index in [9.17, 15) is 28.2 Å². The summed E-state index contributed by atoms with van der Waals surface area (Å²) in [7, 11) is 0. The highest BCUT2D eigenvalue weighted by molar-refractivity contribution is 6.01. The summed E-state index contributed by atoms with van der Waals surface area (Å²) >= 11 is 0. The van der Waals surface area contributed by atoms with Gasteiger partial charge in [0.2, 0.25) is 5.88 Å². The van der Waals surface area contributed by atoms with E-state index >= 15 is 0 Å². The van der Waals surface area contributed by atoms with Crippen LogP contribution in [0.25, 0.3) is 16.5 Å². The van der Waals surface area contributed by atoms with Crippen LogP contribution in [-0.2, 0) is 12.7 Å². The number of nitrogens with zero attached hydrogens (tertiary/aromatic N) is 1. The fourth-order valence-corrected chi connectivity index (χ4v) is 4.19. The molecule has 34 heavy (non-hydrogen) atoms. The highest BCUT2D eigenvalue weighted by Crippen LogP contribution is 2.41. The highest BCUT2D eigenvalue weighted by atomic mass is 19.4. The molecule has 0 atom stereocenters. The van der Waals surface area contributed by atoms with E-state index in [0.717, 1.165) is 28.6 Å². The fraction of sp³-hybridized carbons (Fsp3) is 0.148. The average Bonchev–Trinajstić information content (AvgIpc) is 3.05. The minimum Gasteiger partial charge on any atom is -0.494 e. The molecule has 1 heterocycles. The molecule has 7 heteroatoms. The summed E-state index contributed by atoms with van der Waals surface area (Å²) in [5, 5.41) is 21.4. The minimum atomic E-state index is -4.44. The number of allylic oxidation sites excluding steroid dienone is 1. The first-order chi connectivity index (χ1) is 16.1. The lowest BCUT2D eigenvalue weighted by atomic mass is 9.92. The van der Waals surface area contributed by atoms with Gasteiger partial charge in [0.15, 0.2) is 0 Å². The summed E-state index contributed by atoms with van der Waals surface area (Å²) in [6.07, 6.45) is -4.44. The number of fused-ring (bicyclic) bond motifs is 1. The molecular weight excluding hydrogens is 443 g/mol. The quantitative estimate of drug-likeness (QED) is 0.335. The Bertz CT molecular complexity index is 1410. The normalized spacial score (nSPS) is 11.6. The average molecular weight is 465 g/mol. The fourth-order valence-electron chi connectivity index (χ4n) is 4.19. The number of aromatic carboxylic acids is 1. The van der Waals surface area contributed by atoms with Crippen molar-refractivity contribution in [3.8, 4) is 5.88 Å². The van der Waals surface area contributed by atoms with E-state index in [1.807, 2.05) is 38.1 Å². The number of aromatic nitrogens is 1. The first kappa shape index (κ1) is 23.2. The second-order valence-electron chi connectivity index (χ2n) is 8.26. The van der Waals surface area contributed by atoms with E-state index in [2.05, 4.69) is 0 Å². The van der Waals surface area contributed by atoms with Crippen molar-refractivity contribution < 1.29 is 28.2 Å². The molecule has 0 saturated carbocycles. The molecule has 4 nitrogen and oxygen atoms in total. The zero-order chi connectivity index (χ0) is 24.6. The molecule has 0 bridgehead atoms. The standard InChI is InChI=1S/C27H22F3NO3/c1-16(2)23(18-10-12-20(13-11-18)27(28,29)30)24-21-8-3-4-9-22(21)31(25(24)32)15-17-6-5-7-19(14-17)26(33)34/h3-14,32H,15H2,1-2H3,(H,33,34). The second kappa shape index (κ2) is 8.74. The lowest BCUT2D eigenvalue weighted by Gasteiger charge is -2.13. The lowest BCUT2D eigenvalue weighted by Crippen LogP contribution is -2.04. The third-order valence-corrected chi connectivity index (χ3v) is 5.71. The number of aromatic hydroxyl groups is 1. The van der Waals surface area contributed by atoms with Gasteiger partial charge in [-0.15, -0.1) is 0 Å². The largest absolute Gasteiger partial charge is 0.494 e. The number of para-hydroxylation sites is 1. The predicted octanol–water partition coefficient (Wildman–Crippen LogP) is 6.95. The number of carboxylic acid groups (broad SMARTS) is 1. The molecule has 0 aliphatic heterocycles. The minimum absolute atomic E-state index is 0.0435. The number of hydrogen-bond acceptors (Lipinski definition) is 2. The van der Waals surface area contributed by atoms with Crippen LogP contribution in [-0.4, -0.2) is 20.7 Å². The molecule has 0 aliphatic rings. The van der Waals surface area contributed by atoms with Gasteiger partial charge in [-0.2, -0.15) is 13.2 Å². The van der Waals surface area contributed by atoms with Crippen LogP contribution in [0.3, 0.4) is 0 Å². The summed E-state index contributed by atoms with van der Waals surface area (Å²) in [5.41, 5.74) is 3.35. The van der Waals surface area contributed by atoms with E-state index in [1.54, 1.807) is 22.8 Å². The Morgan fingerprint density at radius 3 is 2.21 bits per heavy atom. The van der Waals surface area contributed by atoms with E-state index in [1.165, 1.54) is 18.2 Å². The summed E-state index contributed by atoms with van der Waals surface area (Å²) in [5.74, 6) is -1.09. The molecule has 0 aliphatic carbocycles. The Morgan fingerprint density at radius 2 is 1.59 bits per heavy atom.